The second kappa shape index (κ2) is 8.52. The van der Waals surface area contributed by atoms with Gasteiger partial charge < -0.3 is 14.8 Å². The molecule has 1 aliphatic rings. The van der Waals surface area contributed by atoms with Crippen LogP contribution in [0.1, 0.15) is 28.4 Å². The summed E-state index contributed by atoms with van der Waals surface area (Å²) in [6, 6.07) is 32.8. The number of nitrogens with one attached hydrogen (secondary N) is 1. The van der Waals surface area contributed by atoms with Crippen LogP contribution >= 0.6 is 0 Å². The van der Waals surface area contributed by atoms with Gasteiger partial charge in [-0.1, -0.05) is 78.9 Å². The van der Waals surface area contributed by atoms with Gasteiger partial charge in [0.15, 0.2) is 0 Å². The Morgan fingerprint density at radius 2 is 1.55 bits per heavy atom. The molecule has 0 fully saturated rings. The zero-order chi connectivity index (χ0) is 21.0. The quantitative estimate of drug-likeness (QED) is 0.487. The molecule has 0 bridgehead atoms. The van der Waals surface area contributed by atoms with E-state index in [0.717, 1.165) is 28.9 Å². The average Bonchev–Trinajstić information content (AvgIpc) is 3.24. The Labute approximate surface area is 182 Å². The molecule has 1 aromatic heterocycles. The van der Waals surface area contributed by atoms with Crippen LogP contribution in [0, 0.1) is 0 Å². The van der Waals surface area contributed by atoms with E-state index in [1.54, 1.807) is 0 Å². The molecule has 1 N–H and O–H groups in total. The molecule has 154 valence electrons. The number of para-hydroxylation sites is 1. The second-order valence-electron chi connectivity index (χ2n) is 7.84. The number of carbonyl (C=O) groups excluding carboxylic acids is 1. The van der Waals surface area contributed by atoms with Gasteiger partial charge in [0.05, 0.1) is 18.3 Å². The van der Waals surface area contributed by atoms with Crippen molar-refractivity contribution in [1.29, 1.82) is 0 Å². The van der Waals surface area contributed by atoms with E-state index in [-0.39, 0.29) is 12.1 Å². The van der Waals surface area contributed by atoms with Crippen LogP contribution in [0.4, 0.5) is 4.79 Å². The zero-order valence-electron chi connectivity index (χ0n) is 17.3. The summed E-state index contributed by atoms with van der Waals surface area (Å²) in [5.74, 6) is 0. The van der Waals surface area contributed by atoms with E-state index >= 15 is 0 Å². The summed E-state index contributed by atoms with van der Waals surface area (Å²) >= 11 is 0. The topological polar surface area (TPSA) is 37.3 Å². The summed E-state index contributed by atoms with van der Waals surface area (Å²) in [6.07, 6.45) is 2.89. The molecule has 5 rings (SSSR count). The van der Waals surface area contributed by atoms with Crippen molar-refractivity contribution in [3.63, 3.8) is 0 Å². The number of amides is 2. The fraction of sp³-hybridized carbons (Fsp3) is 0.148. The van der Waals surface area contributed by atoms with Crippen LogP contribution < -0.4 is 5.32 Å². The molecule has 0 aliphatic carbocycles. The van der Waals surface area contributed by atoms with Gasteiger partial charge in [-0.3, -0.25) is 0 Å². The molecule has 2 heterocycles. The summed E-state index contributed by atoms with van der Waals surface area (Å²) in [6.45, 7) is 1.15. The van der Waals surface area contributed by atoms with Gasteiger partial charge in [0, 0.05) is 18.4 Å². The van der Waals surface area contributed by atoms with E-state index in [2.05, 4.69) is 70.7 Å². The molecular formula is C27H25N3O. The van der Waals surface area contributed by atoms with E-state index in [4.69, 9.17) is 0 Å². The van der Waals surface area contributed by atoms with E-state index in [1.165, 1.54) is 5.56 Å². The Kier molecular flexibility index (Phi) is 5.28. The highest BCUT2D eigenvalue weighted by Crippen LogP contribution is 2.36. The molecule has 3 aromatic carbocycles. The highest BCUT2D eigenvalue weighted by molar-refractivity contribution is 5.76. The van der Waals surface area contributed by atoms with Gasteiger partial charge in [0.2, 0.25) is 0 Å². The first-order valence-corrected chi connectivity index (χ1v) is 10.7. The number of aromatic nitrogens is 1. The molecule has 31 heavy (non-hydrogen) atoms. The van der Waals surface area contributed by atoms with Crippen LogP contribution in [-0.2, 0) is 13.0 Å². The lowest BCUT2D eigenvalue weighted by Crippen LogP contribution is -2.42. The Bertz CT molecular complexity index is 1170. The molecule has 0 saturated carbocycles. The molecule has 1 unspecified atom stereocenters. The SMILES string of the molecule is O=C(NCCc1ccccc1)N1Cc2ccccc2-n2cccc2C1c1ccccc1. The first-order valence-electron chi connectivity index (χ1n) is 10.7. The van der Waals surface area contributed by atoms with Crippen molar-refractivity contribution < 1.29 is 4.79 Å². The molecular weight excluding hydrogens is 382 g/mol. The van der Waals surface area contributed by atoms with Crippen molar-refractivity contribution in [2.75, 3.05) is 6.54 Å². The number of benzene rings is 3. The third kappa shape index (κ3) is 3.84. The molecule has 0 radical (unpaired) electrons. The Morgan fingerprint density at radius 1 is 0.839 bits per heavy atom. The predicted molar refractivity (Wildman–Crippen MR) is 123 cm³/mol. The molecule has 0 saturated heterocycles. The first-order chi connectivity index (χ1) is 15.3. The lowest BCUT2D eigenvalue weighted by molar-refractivity contribution is 0.181. The van der Waals surface area contributed by atoms with Crippen molar-refractivity contribution in [2.45, 2.75) is 19.0 Å². The van der Waals surface area contributed by atoms with Crippen LogP contribution in [0.3, 0.4) is 0 Å². The van der Waals surface area contributed by atoms with Crippen LogP contribution in [0.2, 0.25) is 0 Å². The fourth-order valence-corrected chi connectivity index (χ4v) is 4.39. The minimum atomic E-state index is -0.166. The number of urea groups is 1. The van der Waals surface area contributed by atoms with Gasteiger partial charge in [0.1, 0.15) is 0 Å². The van der Waals surface area contributed by atoms with Gasteiger partial charge in [0.25, 0.3) is 0 Å². The third-order valence-corrected chi connectivity index (χ3v) is 5.87. The lowest BCUT2D eigenvalue weighted by atomic mass is 10.0. The number of fused-ring (bicyclic) bond motifs is 3. The van der Waals surface area contributed by atoms with Gasteiger partial charge in [-0.15, -0.1) is 0 Å². The monoisotopic (exact) mass is 407 g/mol. The number of rotatable bonds is 4. The van der Waals surface area contributed by atoms with Crippen molar-refractivity contribution in [3.8, 4) is 5.69 Å². The largest absolute Gasteiger partial charge is 0.338 e. The maximum absolute atomic E-state index is 13.5. The summed E-state index contributed by atoms with van der Waals surface area (Å²) in [5.41, 5.74) is 5.68. The summed E-state index contributed by atoms with van der Waals surface area (Å²) in [4.78, 5) is 15.4. The Morgan fingerprint density at radius 3 is 2.35 bits per heavy atom. The van der Waals surface area contributed by atoms with E-state index in [9.17, 15) is 4.79 Å². The van der Waals surface area contributed by atoms with Crippen LogP contribution in [0.15, 0.2) is 103 Å². The molecule has 1 aliphatic heterocycles. The third-order valence-electron chi connectivity index (χ3n) is 5.87. The maximum Gasteiger partial charge on any atom is 0.318 e. The van der Waals surface area contributed by atoms with Crippen molar-refractivity contribution in [2.24, 2.45) is 0 Å². The van der Waals surface area contributed by atoms with Crippen LogP contribution in [0.25, 0.3) is 5.69 Å². The smallest absolute Gasteiger partial charge is 0.318 e. The maximum atomic E-state index is 13.5. The highest BCUT2D eigenvalue weighted by Gasteiger charge is 2.32. The van der Waals surface area contributed by atoms with Crippen molar-refractivity contribution in [1.82, 2.24) is 14.8 Å². The number of hydrogen-bond donors (Lipinski definition) is 1. The molecule has 4 heteroatoms. The highest BCUT2D eigenvalue weighted by atomic mass is 16.2. The minimum absolute atomic E-state index is 0.0470. The summed E-state index contributed by atoms with van der Waals surface area (Å²) < 4.78 is 2.21. The van der Waals surface area contributed by atoms with E-state index in [1.807, 2.05) is 47.4 Å². The minimum Gasteiger partial charge on any atom is -0.338 e. The number of carbonyl (C=O) groups is 1. The first kappa shape index (κ1) is 19.2. The van der Waals surface area contributed by atoms with Crippen molar-refractivity contribution >= 4 is 6.03 Å². The average molecular weight is 408 g/mol. The van der Waals surface area contributed by atoms with Gasteiger partial charge in [-0.2, -0.15) is 0 Å². The van der Waals surface area contributed by atoms with Crippen LogP contribution in [-0.4, -0.2) is 22.0 Å². The van der Waals surface area contributed by atoms with Crippen molar-refractivity contribution in [3.05, 3.63) is 126 Å². The van der Waals surface area contributed by atoms with Gasteiger partial charge in [-0.25, -0.2) is 4.79 Å². The molecule has 2 amide bonds. The standard InChI is InChI=1S/C27H25N3O/c31-27(28-18-17-21-10-3-1-4-11-21)30-20-23-14-7-8-15-24(23)29-19-9-16-25(29)26(30)22-12-5-2-6-13-22/h1-16,19,26H,17-18,20H2,(H,28,31). The summed E-state index contributed by atoms with van der Waals surface area (Å²) in [5, 5.41) is 3.16. The van der Waals surface area contributed by atoms with Gasteiger partial charge >= 0.3 is 6.03 Å². The van der Waals surface area contributed by atoms with Crippen LogP contribution in [0.5, 0.6) is 0 Å². The normalized spacial score (nSPS) is 15.0. The van der Waals surface area contributed by atoms with E-state index < -0.39 is 0 Å². The Hall–Kier alpha value is -3.79. The zero-order valence-corrected chi connectivity index (χ0v) is 17.3. The lowest BCUT2D eigenvalue weighted by Gasteiger charge is -2.31. The molecule has 4 nitrogen and oxygen atoms in total. The van der Waals surface area contributed by atoms with Gasteiger partial charge in [-0.05, 0) is 41.3 Å². The predicted octanol–water partition coefficient (Wildman–Crippen LogP) is 5.33. The number of hydrogen-bond acceptors (Lipinski definition) is 1. The second-order valence-corrected chi connectivity index (χ2v) is 7.84. The summed E-state index contributed by atoms with van der Waals surface area (Å²) in [7, 11) is 0. The van der Waals surface area contributed by atoms with E-state index in [0.29, 0.717) is 13.1 Å². The molecule has 0 spiro atoms. The molecule has 1 atom stereocenters. The number of nitrogens with zero attached hydrogens (tertiary/aromatic N) is 2. The Balaban J connectivity index is 1.49. The fourth-order valence-electron chi connectivity index (χ4n) is 4.39. The molecule has 4 aromatic rings.